The SMILES string of the molecule is Cc1cccc(C(O)c2cscc2Br)c1Cl. The molecule has 0 radical (unpaired) electrons. The zero-order valence-electron chi connectivity index (χ0n) is 8.58. The second-order valence-corrected chi connectivity index (χ2v) is 5.53. The van der Waals surface area contributed by atoms with Gasteiger partial charge in [-0.25, -0.2) is 0 Å². The molecule has 84 valence electrons. The Morgan fingerprint density at radius 2 is 2.06 bits per heavy atom. The van der Waals surface area contributed by atoms with E-state index in [4.69, 9.17) is 11.6 Å². The van der Waals surface area contributed by atoms with Crippen molar-refractivity contribution < 1.29 is 5.11 Å². The summed E-state index contributed by atoms with van der Waals surface area (Å²) in [4.78, 5) is 0. The van der Waals surface area contributed by atoms with Crippen molar-refractivity contribution in [2.45, 2.75) is 13.0 Å². The van der Waals surface area contributed by atoms with Gasteiger partial charge in [0.25, 0.3) is 0 Å². The van der Waals surface area contributed by atoms with Crippen molar-refractivity contribution in [1.29, 1.82) is 0 Å². The first kappa shape index (κ1) is 12.1. The smallest absolute Gasteiger partial charge is 0.107 e. The van der Waals surface area contributed by atoms with Gasteiger partial charge in [-0.1, -0.05) is 29.8 Å². The predicted molar refractivity (Wildman–Crippen MR) is 72.3 cm³/mol. The van der Waals surface area contributed by atoms with Gasteiger partial charge in [0, 0.05) is 26.0 Å². The molecule has 0 saturated carbocycles. The standard InChI is InChI=1S/C12H10BrClOS/c1-7-3-2-4-8(11(7)14)12(15)9-5-16-6-10(9)13/h2-6,12,15H,1H3. The van der Waals surface area contributed by atoms with Crippen LogP contribution in [0.1, 0.15) is 22.8 Å². The van der Waals surface area contributed by atoms with Crippen LogP contribution in [0, 0.1) is 6.92 Å². The van der Waals surface area contributed by atoms with Gasteiger partial charge in [0.05, 0.1) is 0 Å². The van der Waals surface area contributed by atoms with Crippen LogP contribution in [0.25, 0.3) is 0 Å². The van der Waals surface area contributed by atoms with E-state index in [9.17, 15) is 5.11 Å². The molecule has 0 saturated heterocycles. The van der Waals surface area contributed by atoms with Crippen molar-refractivity contribution in [3.05, 3.63) is 55.1 Å². The predicted octanol–water partition coefficient (Wildman–Crippen LogP) is 4.55. The van der Waals surface area contributed by atoms with Crippen LogP contribution in [-0.2, 0) is 0 Å². The van der Waals surface area contributed by atoms with Gasteiger partial charge in [-0.05, 0) is 33.8 Å². The molecular weight excluding hydrogens is 308 g/mol. The first-order valence-electron chi connectivity index (χ1n) is 4.76. The van der Waals surface area contributed by atoms with Crippen LogP contribution in [0.4, 0.5) is 0 Å². The molecule has 1 N–H and O–H groups in total. The summed E-state index contributed by atoms with van der Waals surface area (Å²) in [5, 5.41) is 14.8. The molecular formula is C12H10BrClOS. The largest absolute Gasteiger partial charge is 0.384 e. The van der Waals surface area contributed by atoms with E-state index in [1.165, 1.54) is 0 Å². The van der Waals surface area contributed by atoms with Crippen molar-refractivity contribution in [3.63, 3.8) is 0 Å². The molecule has 1 unspecified atom stereocenters. The molecule has 16 heavy (non-hydrogen) atoms. The highest BCUT2D eigenvalue weighted by Gasteiger charge is 2.17. The van der Waals surface area contributed by atoms with E-state index in [1.807, 2.05) is 35.9 Å². The van der Waals surface area contributed by atoms with Crippen LogP contribution >= 0.6 is 38.9 Å². The highest BCUT2D eigenvalue weighted by molar-refractivity contribution is 9.10. The summed E-state index contributed by atoms with van der Waals surface area (Å²) >= 11 is 11.1. The monoisotopic (exact) mass is 316 g/mol. The van der Waals surface area contributed by atoms with Crippen molar-refractivity contribution in [3.8, 4) is 0 Å². The third-order valence-corrected chi connectivity index (χ3v) is 4.72. The van der Waals surface area contributed by atoms with Crippen LogP contribution in [0.2, 0.25) is 5.02 Å². The van der Waals surface area contributed by atoms with Gasteiger partial charge < -0.3 is 5.11 Å². The van der Waals surface area contributed by atoms with Gasteiger partial charge in [-0.15, -0.1) is 0 Å². The topological polar surface area (TPSA) is 20.2 Å². The molecule has 1 aromatic heterocycles. The van der Waals surface area contributed by atoms with E-state index in [2.05, 4.69) is 15.9 Å². The molecule has 2 aromatic rings. The fourth-order valence-corrected chi connectivity index (χ4v) is 3.30. The van der Waals surface area contributed by atoms with E-state index >= 15 is 0 Å². The molecule has 0 aliphatic heterocycles. The average molecular weight is 318 g/mol. The molecule has 0 bridgehead atoms. The van der Waals surface area contributed by atoms with Crippen LogP contribution in [0.3, 0.4) is 0 Å². The molecule has 1 atom stereocenters. The summed E-state index contributed by atoms with van der Waals surface area (Å²) in [6.07, 6.45) is -0.673. The van der Waals surface area contributed by atoms with E-state index in [-0.39, 0.29) is 0 Å². The fourth-order valence-electron chi connectivity index (χ4n) is 1.54. The summed E-state index contributed by atoms with van der Waals surface area (Å²) in [5.74, 6) is 0. The molecule has 0 aliphatic carbocycles. The Morgan fingerprint density at radius 3 is 2.69 bits per heavy atom. The Morgan fingerprint density at radius 1 is 1.31 bits per heavy atom. The second kappa shape index (κ2) is 4.88. The Kier molecular flexibility index (Phi) is 3.70. The van der Waals surface area contributed by atoms with Crippen LogP contribution in [0.5, 0.6) is 0 Å². The minimum absolute atomic E-state index is 0.633. The minimum atomic E-state index is -0.673. The maximum Gasteiger partial charge on any atom is 0.107 e. The highest BCUT2D eigenvalue weighted by Crippen LogP contribution is 2.35. The van der Waals surface area contributed by atoms with Gasteiger partial charge in [-0.3, -0.25) is 0 Å². The summed E-state index contributed by atoms with van der Waals surface area (Å²) in [5.41, 5.74) is 2.59. The van der Waals surface area contributed by atoms with Crippen molar-refractivity contribution in [2.24, 2.45) is 0 Å². The number of hydrogen-bond acceptors (Lipinski definition) is 2. The maximum absolute atomic E-state index is 10.3. The lowest BCUT2D eigenvalue weighted by atomic mass is 10.0. The summed E-state index contributed by atoms with van der Waals surface area (Å²) < 4.78 is 0.919. The first-order valence-corrected chi connectivity index (χ1v) is 6.87. The Labute approximate surface area is 112 Å². The van der Waals surface area contributed by atoms with Gasteiger partial charge >= 0.3 is 0 Å². The molecule has 4 heteroatoms. The number of halogens is 2. The fraction of sp³-hybridized carbons (Fsp3) is 0.167. The third-order valence-electron chi connectivity index (χ3n) is 2.45. The first-order chi connectivity index (χ1) is 7.61. The van der Waals surface area contributed by atoms with Crippen molar-refractivity contribution in [1.82, 2.24) is 0 Å². The molecule has 0 spiro atoms. The van der Waals surface area contributed by atoms with Crippen LogP contribution in [0.15, 0.2) is 33.4 Å². The van der Waals surface area contributed by atoms with Crippen LogP contribution in [-0.4, -0.2) is 5.11 Å². The number of aliphatic hydroxyl groups excluding tert-OH is 1. The number of hydrogen-bond donors (Lipinski definition) is 1. The average Bonchev–Trinajstić information content (AvgIpc) is 2.68. The van der Waals surface area contributed by atoms with Gasteiger partial charge in [0.15, 0.2) is 0 Å². The Balaban J connectivity index is 2.46. The quantitative estimate of drug-likeness (QED) is 0.861. The van der Waals surface area contributed by atoms with Crippen molar-refractivity contribution in [2.75, 3.05) is 0 Å². The molecule has 1 heterocycles. The molecule has 0 fully saturated rings. The lowest BCUT2D eigenvalue weighted by Gasteiger charge is -2.13. The van der Waals surface area contributed by atoms with E-state index in [0.717, 1.165) is 21.2 Å². The lowest BCUT2D eigenvalue weighted by molar-refractivity contribution is 0.220. The summed E-state index contributed by atoms with van der Waals surface area (Å²) in [6.45, 7) is 1.93. The zero-order chi connectivity index (χ0) is 11.7. The zero-order valence-corrected chi connectivity index (χ0v) is 11.7. The number of benzene rings is 1. The second-order valence-electron chi connectivity index (χ2n) is 3.56. The Bertz CT molecular complexity index is 509. The number of aliphatic hydroxyl groups is 1. The molecule has 2 rings (SSSR count). The van der Waals surface area contributed by atoms with Crippen LogP contribution < -0.4 is 0 Å². The summed E-state index contributed by atoms with van der Waals surface area (Å²) in [6, 6.07) is 5.69. The van der Waals surface area contributed by atoms with Crippen molar-refractivity contribution >= 4 is 38.9 Å². The molecule has 0 aliphatic rings. The normalized spacial score (nSPS) is 12.8. The van der Waals surface area contributed by atoms with Gasteiger partial charge in [0.1, 0.15) is 6.10 Å². The minimum Gasteiger partial charge on any atom is -0.384 e. The van der Waals surface area contributed by atoms with Gasteiger partial charge in [-0.2, -0.15) is 11.3 Å². The maximum atomic E-state index is 10.3. The lowest BCUT2D eigenvalue weighted by Crippen LogP contribution is -2.00. The molecule has 1 aromatic carbocycles. The third kappa shape index (κ3) is 2.18. The highest BCUT2D eigenvalue weighted by atomic mass is 79.9. The number of aryl methyl sites for hydroxylation is 1. The Hall–Kier alpha value is -0.350. The molecule has 1 nitrogen and oxygen atoms in total. The summed E-state index contributed by atoms with van der Waals surface area (Å²) in [7, 11) is 0. The van der Waals surface area contributed by atoms with E-state index < -0.39 is 6.10 Å². The van der Waals surface area contributed by atoms with E-state index in [1.54, 1.807) is 11.3 Å². The van der Waals surface area contributed by atoms with E-state index in [0.29, 0.717) is 5.02 Å². The number of rotatable bonds is 2. The molecule has 0 amide bonds. The van der Waals surface area contributed by atoms with Gasteiger partial charge in [0.2, 0.25) is 0 Å². The number of thiophene rings is 1.